The third kappa shape index (κ3) is 2.40. The van der Waals surface area contributed by atoms with Gasteiger partial charge in [-0.15, -0.1) is 0 Å². The molecular weight excluding hydrogens is 222 g/mol. The van der Waals surface area contributed by atoms with Crippen LogP contribution in [0.2, 0.25) is 0 Å². The molecule has 2 rings (SSSR count). The second-order valence-corrected chi connectivity index (χ2v) is 3.76. The minimum absolute atomic E-state index is 0.00199. The van der Waals surface area contributed by atoms with E-state index in [-0.39, 0.29) is 12.6 Å². The summed E-state index contributed by atoms with van der Waals surface area (Å²) in [5.41, 5.74) is 6.80. The van der Waals surface area contributed by atoms with Crippen LogP contribution in [0.1, 0.15) is 22.3 Å². The maximum atomic E-state index is 11.9. The SMILES string of the molecule is COCc1cc2c(cc1C(=O)CCN)OCO2. The first-order valence-corrected chi connectivity index (χ1v) is 5.41. The summed E-state index contributed by atoms with van der Waals surface area (Å²) in [6, 6.07) is 3.49. The van der Waals surface area contributed by atoms with Gasteiger partial charge >= 0.3 is 0 Å². The van der Waals surface area contributed by atoms with Crippen molar-refractivity contribution in [2.45, 2.75) is 13.0 Å². The molecule has 1 aromatic carbocycles. The Morgan fingerprint density at radius 1 is 1.41 bits per heavy atom. The van der Waals surface area contributed by atoms with Crippen molar-refractivity contribution in [3.05, 3.63) is 23.3 Å². The van der Waals surface area contributed by atoms with E-state index in [0.717, 1.165) is 5.56 Å². The van der Waals surface area contributed by atoms with Gasteiger partial charge in [0.15, 0.2) is 17.3 Å². The molecule has 2 N–H and O–H groups in total. The number of hydrogen-bond acceptors (Lipinski definition) is 5. The highest BCUT2D eigenvalue weighted by Crippen LogP contribution is 2.35. The molecule has 92 valence electrons. The van der Waals surface area contributed by atoms with Crippen LogP contribution in [0, 0.1) is 0 Å². The maximum absolute atomic E-state index is 11.9. The van der Waals surface area contributed by atoms with Crippen LogP contribution in [0.25, 0.3) is 0 Å². The molecule has 0 radical (unpaired) electrons. The van der Waals surface area contributed by atoms with Crippen molar-refractivity contribution in [3.63, 3.8) is 0 Å². The Hall–Kier alpha value is -1.59. The standard InChI is InChI=1S/C12H15NO4/c1-15-6-8-4-11-12(17-7-16-11)5-9(8)10(14)2-3-13/h4-5H,2-3,6-7,13H2,1H3. The quantitative estimate of drug-likeness (QED) is 0.776. The lowest BCUT2D eigenvalue weighted by molar-refractivity contribution is 0.0980. The zero-order chi connectivity index (χ0) is 12.3. The van der Waals surface area contributed by atoms with Crippen LogP contribution in [-0.2, 0) is 11.3 Å². The average Bonchev–Trinajstić information content (AvgIpc) is 2.75. The summed E-state index contributed by atoms with van der Waals surface area (Å²) in [6.45, 7) is 0.887. The summed E-state index contributed by atoms with van der Waals surface area (Å²) in [5, 5.41) is 0. The number of ether oxygens (including phenoxy) is 3. The molecule has 1 heterocycles. The van der Waals surface area contributed by atoms with Crippen LogP contribution in [0.15, 0.2) is 12.1 Å². The second-order valence-electron chi connectivity index (χ2n) is 3.76. The van der Waals surface area contributed by atoms with E-state index >= 15 is 0 Å². The van der Waals surface area contributed by atoms with E-state index in [1.54, 1.807) is 19.2 Å². The van der Waals surface area contributed by atoms with E-state index < -0.39 is 0 Å². The van der Waals surface area contributed by atoms with Crippen LogP contribution in [0.3, 0.4) is 0 Å². The first kappa shape index (κ1) is 11.9. The molecule has 0 saturated carbocycles. The zero-order valence-corrected chi connectivity index (χ0v) is 9.69. The molecule has 0 saturated heterocycles. The Balaban J connectivity index is 2.37. The molecular formula is C12H15NO4. The molecule has 1 aromatic rings. The number of carbonyl (C=O) groups is 1. The normalized spacial score (nSPS) is 12.8. The van der Waals surface area contributed by atoms with Gasteiger partial charge in [-0.25, -0.2) is 0 Å². The Labute approximate surface area is 99.5 Å². The Kier molecular flexibility index (Phi) is 3.61. The Morgan fingerprint density at radius 3 is 2.76 bits per heavy atom. The van der Waals surface area contributed by atoms with Gasteiger partial charge in [-0.05, 0) is 24.2 Å². The molecule has 0 unspecified atom stereocenters. The third-order valence-corrected chi connectivity index (χ3v) is 2.57. The van der Waals surface area contributed by atoms with Crippen LogP contribution >= 0.6 is 0 Å². The molecule has 0 amide bonds. The molecule has 17 heavy (non-hydrogen) atoms. The number of benzene rings is 1. The monoisotopic (exact) mass is 237 g/mol. The fourth-order valence-electron chi connectivity index (χ4n) is 1.78. The van der Waals surface area contributed by atoms with Gasteiger partial charge in [0.05, 0.1) is 6.61 Å². The number of hydrogen-bond donors (Lipinski definition) is 1. The molecule has 5 heteroatoms. The molecule has 1 aliphatic rings. The van der Waals surface area contributed by atoms with Gasteiger partial charge in [-0.2, -0.15) is 0 Å². The first-order chi connectivity index (χ1) is 8.26. The summed E-state index contributed by atoms with van der Waals surface area (Å²) in [4.78, 5) is 11.9. The van der Waals surface area contributed by atoms with Crippen molar-refractivity contribution in [1.82, 2.24) is 0 Å². The lowest BCUT2D eigenvalue weighted by atomic mass is 10.0. The molecule has 0 spiro atoms. The molecule has 0 atom stereocenters. The number of nitrogens with two attached hydrogens (primary N) is 1. The summed E-state index contributed by atoms with van der Waals surface area (Å²) in [5.74, 6) is 1.25. The van der Waals surface area contributed by atoms with Crippen molar-refractivity contribution >= 4 is 5.78 Å². The average molecular weight is 237 g/mol. The highest BCUT2D eigenvalue weighted by molar-refractivity contribution is 5.98. The Bertz CT molecular complexity index is 431. The van der Waals surface area contributed by atoms with Gasteiger partial charge in [0.2, 0.25) is 6.79 Å². The topological polar surface area (TPSA) is 70.8 Å². The highest BCUT2D eigenvalue weighted by atomic mass is 16.7. The summed E-state index contributed by atoms with van der Waals surface area (Å²) >= 11 is 0. The first-order valence-electron chi connectivity index (χ1n) is 5.41. The van der Waals surface area contributed by atoms with E-state index in [2.05, 4.69) is 0 Å². The lowest BCUT2D eigenvalue weighted by Gasteiger charge is -2.09. The van der Waals surface area contributed by atoms with Crippen LogP contribution < -0.4 is 15.2 Å². The van der Waals surface area contributed by atoms with Gasteiger partial charge in [0.25, 0.3) is 0 Å². The summed E-state index contributed by atoms with van der Waals surface area (Å²) < 4.78 is 15.6. The van der Waals surface area contributed by atoms with E-state index in [0.29, 0.717) is 36.6 Å². The predicted octanol–water partition coefficient (Wildman–Crippen LogP) is 1.09. The number of Topliss-reactive ketones (excluding diaryl/α,β-unsaturated/α-hetero) is 1. The maximum Gasteiger partial charge on any atom is 0.231 e. The largest absolute Gasteiger partial charge is 0.454 e. The summed E-state index contributed by atoms with van der Waals surface area (Å²) in [7, 11) is 1.59. The lowest BCUT2D eigenvalue weighted by Crippen LogP contribution is -2.10. The molecule has 0 fully saturated rings. The molecule has 0 aromatic heterocycles. The molecule has 0 aliphatic carbocycles. The zero-order valence-electron chi connectivity index (χ0n) is 9.69. The summed E-state index contributed by atoms with van der Waals surface area (Å²) in [6.07, 6.45) is 0.316. The fourth-order valence-corrected chi connectivity index (χ4v) is 1.78. The van der Waals surface area contributed by atoms with Gasteiger partial charge in [0, 0.05) is 19.1 Å². The van der Waals surface area contributed by atoms with Crippen molar-refractivity contribution in [3.8, 4) is 11.5 Å². The van der Waals surface area contributed by atoms with Crippen LogP contribution in [0.5, 0.6) is 11.5 Å². The number of methoxy groups -OCH3 is 1. The smallest absolute Gasteiger partial charge is 0.231 e. The minimum atomic E-state index is -0.00199. The predicted molar refractivity (Wildman–Crippen MR) is 61.3 cm³/mol. The van der Waals surface area contributed by atoms with Gasteiger partial charge in [0.1, 0.15) is 0 Å². The number of ketones is 1. The fraction of sp³-hybridized carbons (Fsp3) is 0.417. The van der Waals surface area contributed by atoms with Crippen LogP contribution in [-0.4, -0.2) is 26.2 Å². The van der Waals surface area contributed by atoms with E-state index in [1.807, 2.05) is 0 Å². The second kappa shape index (κ2) is 5.16. The Morgan fingerprint density at radius 2 is 2.12 bits per heavy atom. The van der Waals surface area contributed by atoms with E-state index in [9.17, 15) is 4.79 Å². The van der Waals surface area contributed by atoms with Crippen molar-refractivity contribution in [2.75, 3.05) is 20.4 Å². The molecule has 5 nitrogen and oxygen atoms in total. The van der Waals surface area contributed by atoms with Crippen molar-refractivity contribution in [2.24, 2.45) is 5.73 Å². The van der Waals surface area contributed by atoms with Crippen molar-refractivity contribution < 1.29 is 19.0 Å². The van der Waals surface area contributed by atoms with E-state index in [1.165, 1.54) is 0 Å². The van der Waals surface area contributed by atoms with Crippen LogP contribution in [0.4, 0.5) is 0 Å². The molecule has 1 aliphatic heterocycles. The van der Waals surface area contributed by atoms with Crippen molar-refractivity contribution in [1.29, 1.82) is 0 Å². The number of fused-ring (bicyclic) bond motifs is 1. The third-order valence-electron chi connectivity index (χ3n) is 2.57. The molecule has 0 bridgehead atoms. The van der Waals surface area contributed by atoms with Gasteiger partial charge < -0.3 is 19.9 Å². The highest BCUT2D eigenvalue weighted by Gasteiger charge is 2.20. The van der Waals surface area contributed by atoms with E-state index in [4.69, 9.17) is 19.9 Å². The van der Waals surface area contributed by atoms with Gasteiger partial charge in [-0.1, -0.05) is 0 Å². The number of rotatable bonds is 5. The number of carbonyl (C=O) groups excluding carboxylic acids is 1. The minimum Gasteiger partial charge on any atom is -0.454 e. The van der Waals surface area contributed by atoms with Gasteiger partial charge in [-0.3, -0.25) is 4.79 Å².